The molecule has 39 heavy (non-hydrogen) atoms. The predicted octanol–water partition coefficient (Wildman–Crippen LogP) is 5.14. The summed E-state index contributed by atoms with van der Waals surface area (Å²) in [7, 11) is 0. The lowest BCUT2D eigenvalue weighted by Gasteiger charge is -2.29. The van der Waals surface area contributed by atoms with Crippen LogP contribution < -0.4 is 5.73 Å². The molecule has 1 aliphatic rings. The van der Waals surface area contributed by atoms with Crippen LogP contribution in [0.5, 0.6) is 0 Å². The Kier molecular flexibility index (Phi) is 8.00. The van der Waals surface area contributed by atoms with Crippen LogP contribution in [0, 0.1) is 11.6 Å². The number of benzene rings is 3. The van der Waals surface area contributed by atoms with Gasteiger partial charge in [0, 0.05) is 36.3 Å². The molecule has 1 amide bonds. The van der Waals surface area contributed by atoms with Gasteiger partial charge in [0.25, 0.3) is 5.91 Å². The standard InChI is InChI=1S/C32H33F2N3O2/c1-2-20-7-5-8-21(13-20)18-37(19-30(38)27(35)16-22-14-23(33)17-24(34)15-22)32(39)31-25-9-3-4-11-28(25)36-29-12-6-10-26(29)31/h3-5,7-9,11,13-15,17,27,30,38H,2,6,10,12,16,18-19,35H2,1H3/t27-,30+/m0/s1. The Morgan fingerprint density at radius 1 is 1.00 bits per heavy atom. The van der Waals surface area contributed by atoms with Gasteiger partial charge in [-0.05, 0) is 72.6 Å². The van der Waals surface area contributed by atoms with Crippen molar-refractivity contribution in [3.05, 3.63) is 112 Å². The van der Waals surface area contributed by atoms with Crippen LogP contribution in [0.4, 0.5) is 8.78 Å². The van der Waals surface area contributed by atoms with E-state index in [9.17, 15) is 18.7 Å². The number of aliphatic hydroxyl groups is 1. The van der Waals surface area contributed by atoms with Gasteiger partial charge in [-0.25, -0.2) is 8.78 Å². The van der Waals surface area contributed by atoms with Crippen LogP contribution >= 0.6 is 0 Å². The molecule has 3 N–H and O–H groups in total. The summed E-state index contributed by atoms with van der Waals surface area (Å²) in [5.41, 5.74) is 12.1. The van der Waals surface area contributed by atoms with Crippen LogP contribution in [0.3, 0.4) is 0 Å². The number of fused-ring (bicyclic) bond motifs is 2. The number of hydrogen-bond acceptors (Lipinski definition) is 4. The highest BCUT2D eigenvalue weighted by atomic mass is 19.1. The fourth-order valence-corrected chi connectivity index (χ4v) is 5.50. The maximum atomic E-state index is 14.3. The molecule has 2 atom stereocenters. The van der Waals surface area contributed by atoms with Crippen LogP contribution in [0.2, 0.25) is 0 Å². The molecule has 5 nitrogen and oxygen atoms in total. The van der Waals surface area contributed by atoms with E-state index in [0.29, 0.717) is 11.1 Å². The predicted molar refractivity (Wildman–Crippen MR) is 148 cm³/mol. The number of hydrogen-bond donors (Lipinski definition) is 2. The number of para-hydroxylation sites is 1. The number of halogens is 2. The van der Waals surface area contributed by atoms with Crippen molar-refractivity contribution in [3.63, 3.8) is 0 Å². The lowest BCUT2D eigenvalue weighted by molar-refractivity contribution is 0.0555. The molecule has 4 aromatic rings. The zero-order valence-corrected chi connectivity index (χ0v) is 22.0. The van der Waals surface area contributed by atoms with Crippen LogP contribution in [-0.2, 0) is 32.2 Å². The van der Waals surface area contributed by atoms with Crippen molar-refractivity contribution in [1.82, 2.24) is 9.88 Å². The van der Waals surface area contributed by atoms with E-state index in [4.69, 9.17) is 10.7 Å². The summed E-state index contributed by atoms with van der Waals surface area (Å²) >= 11 is 0. The first kappa shape index (κ1) is 26.9. The number of pyridine rings is 1. The van der Waals surface area contributed by atoms with E-state index >= 15 is 0 Å². The summed E-state index contributed by atoms with van der Waals surface area (Å²) in [4.78, 5) is 20.8. The second-order valence-corrected chi connectivity index (χ2v) is 10.4. The van der Waals surface area contributed by atoms with E-state index in [0.717, 1.165) is 65.0 Å². The van der Waals surface area contributed by atoms with Gasteiger partial charge in [0.05, 0.1) is 17.2 Å². The Bertz CT molecular complexity index is 1490. The fraction of sp³-hybridized carbons (Fsp3) is 0.312. The van der Waals surface area contributed by atoms with Gasteiger partial charge < -0.3 is 15.7 Å². The lowest BCUT2D eigenvalue weighted by Crippen LogP contribution is -2.46. The number of aromatic nitrogens is 1. The molecule has 5 rings (SSSR count). The number of nitrogens with zero attached hydrogens (tertiary/aromatic N) is 2. The van der Waals surface area contributed by atoms with Crippen molar-refractivity contribution < 1.29 is 18.7 Å². The average Bonchev–Trinajstić information content (AvgIpc) is 3.38. The van der Waals surface area contributed by atoms with Crippen LogP contribution in [0.15, 0.2) is 66.7 Å². The molecule has 0 unspecified atom stereocenters. The van der Waals surface area contributed by atoms with Gasteiger partial charge in [-0.15, -0.1) is 0 Å². The average molecular weight is 530 g/mol. The van der Waals surface area contributed by atoms with Crippen molar-refractivity contribution >= 4 is 16.8 Å². The van der Waals surface area contributed by atoms with E-state index in [-0.39, 0.29) is 25.4 Å². The van der Waals surface area contributed by atoms with Gasteiger partial charge in [-0.2, -0.15) is 0 Å². The number of nitrogens with two attached hydrogens (primary N) is 1. The summed E-state index contributed by atoms with van der Waals surface area (Å²) in [5.74, 6) is -1.58. The van der Waals surface area contributed by atoms with Crippen molar-refractivity contribution in [2.45, 2.75) is 57.7 Å². The molecule has 3 aromatic carbocycles. The third-order valence-electron chi connectivity index (χ3n) is 7.49. The number of aliphatic hydroxyl groups excluding tert-OH is 1. The van der Waals surface area contributed by atoms with Crippen LogP contribution in [-0.4, -0.2) is 39.6 Å². The minimum atomic E-state index is -1.12. The Hall–Kier alpha value is -3.68. The molecule has 0 bridgehead atoms. The van der Waals surface area contributed by atoms with Crippen LogP contribution in [0.25, 0.3) is 10.9 Å². The Balaban J connectivity index is 1.48. The Morgan fingerprint density at radius 2 is 1.74 bits per heavy atom. The first-order valence-electron chi connectivity index (χ1n) is 13.5. The molecule has 0 aliphatic heterocycles. The van der Waals surface area contributed by atoms with E-state index in [1.54, 1.807) is 4.90 Å². The van der Waals surface area contributed by atoms with Gasteiger partial charge >= 0.3 is 0 Å². The molecule has 0 radical (unpaired) electrons. The lowest BCUT2D eigenvalue weighted by atomic mass is 9.98. The molecule has 1 heterocycles. The first-order valence-corrected chi connectivity index (χ1v) is 13.5. The van der Waals surface area contributed by atoms with E-state index in [1.165, 1.54) is 12.1 Å². The van der Waals surface area contributed by atoms with E-state index in [1.807, 2.05) is 42.5 Å². The molecule has 0 saturated carbocycles. The SMILES string of the molecule is CCc1cccc(CN(C[C@@H](O)[C@@H](N)Cc2cc(F)cc(F)c2)C(=O)c2c3c(nc4ccccc24)CCC3)c1. The molecule has 0 fully saturated rings. The van der Waals surface area contributed by atoms with Crippen molar-refractivity contribution in [2.24, 2.45) is 5.73 Å². The molecule has 0 spiro atoms. The number of aryl methyl sites for hydroxylation is 2. The van der Waals surface area contributed by atoms with E-state index in [2.05, 4.69) is 13.0 Å². The summed E-state index contributed by atoms with van der Waals surface area (Å²) in [6.07, 6.45) is 2.36. The Labute approximate surface area is 227 Å². The number of amides is 1. The second kappa shape index (κ2) is 11.6. The highest BCUT2D eigenvalue weighted by Gasteiger charge is 2.29. The van der Waals surface area contributed by atoms with E-state index < -0.39 is 23.8 Å². The molecular formula is C32H33F2N3O2. The minimum absolute atomic E-state index is 0.0282. The quantitative estimate of drug-likeness (QED) is 0.315. The molecule has 7 heteroatoms. The summed E-state index contributed by atoms with van der Waals surface area (Å²) in [6.45, 7) is 2.34. The maximum absolute atomic E-state index is 14.3. The number of rotatable bonds is 9. The number of carbonyl (C=O) groups excluding carboxylic acids is 1. The second-order valence-electron chi connectivity index (χ2n) is 10.4. The smallest absolute Gasteiger partial charge is 0.255 e. The topological polar surface area (TPSA) is 79.5 Å². The number of carbonyl (C=O) groups is 1. The summed E-state index contributed by atoms with van der Waals surface area (Å²) < 4.78 is 27.4. The third kappa shape index (κ3) is 6.00. The molecule has 0 saturated heterocycles. The molecule has 202 valence electrons. The van der Waals surface area contributed by atoms with Gasteiger partial charge in [0.2, 0.25) is 0 Å². The minimum Gasteiger partial charge on any atom is -0.390 e. The van der Waals surface area contributed by atoms with Crippen molar-refractivity contribution in [3.8, 4) is 0 Å². The summed E-state index contributed by atoms with van der Waals surface area (Å²) in [6, 6.07) is 18.1. The zero-order chi connectivity index (χ0) is 27.5. The van der Waals surface area contributed by atoms with Crippen molar-refractivity contribution in [2.75, 3.05) is 6.54 Å². The highest BCUT2D eigenvalue weighted by molar-refractivity contribution is 6.07. The van der Waals surface area contributed by atoms with Gasteiger partial charge in [0.15, 0.2) is 0 Å². The molecular weight excluding hydrogens is 496 g/mol. The Morgan fingerprint density at radius 3 is 2.51 bits per heavy atom. The molecule has 1 aliphatic carbocycles. The summed E-state index contributed by atoms with van der Waals surface area (Å²) in [5, 5.41) is 11.9. The van der Waals surface area contributed by atoms with Crippen LogP contribution in [0.1, 0.15) is 51.7 Å². The molecule has 1 aromatic heterocycles. The fourth-order valence-electron chi connectivity index (χ4n) is 5.50. The first-order chi connectivity index (χ1) is 18.8. The largest absolute Gasteiger partial charge is 0.390 e. The van der Waals surface area contributed by atoms with Crippen molar-refractivity contribution in [1.29, 1.82) is 0 Å². The highest BCUT2D eigenvalue weighted by Crippen LogP contribution is 2.31. The monoisotopic (exact) mass is 529 g/mol. The third-order valence-corrected chi connectivity index (χ3v) is 7.49. The normalized spacial score (nSPS) is 14.3. The zero-order valence-electron chi connectivity index (χ0n) is 22.0. The maximum Gasteiger partial charge on any atom is 0.255 e. The van der Waals surface area contributed by atoms with Gasteiger partial charge in [-0.1, -0.05) is 49.4 Å². The van der Waals surface area contributed by atoms with Gasteiger partial charge in [0.1, 0.15) is 11.6 Å². The van der Waals surface area contributed by atoms with Gasteiger partial charge in [-0.3, -0.25) is 9.78 Å².